The van der Waals surface area contributed by atoms with Gasteiger partial charge in [0, 0.05) is 36.7 Å². The average molecular weight is 386 g/mol. The lowest BCUT2D eigenvalue weighted by Gasteiger charge is -2.54. The molecule has 1 heterocycles. The van der Waals surface area contributed by atoms with E-state index in [1.165, 1.54) is 12.8 Å². The number of nitrogens with one attached hydrogen (secondary N) is 1. The van der Waals surface area contributed by atoms with Gasteiger partial charge in [-0.2, -0.15) is 0 Å². The van der Waals surface area contributed by atoms with Crippen molar-refractivity contribution in [2.75, 3.05) is 13.7 Å². The number of imidazole rings is 1. The Bertz CT molecular complexity index is 936. The summed E-state index contributed by atoms with van der Waals surface area (Å²) >= 11 is 0. The van der Waals surface area contributed by atoms with E-state index >= 15 is 0 Å². The molecule has 4 rings (SSSR count). The number of rotatable bonds is 5. The maximum atomic E-state index is 13.1. The van der Waals surface area contributed by atoms with Crippen LogP contribution in [0.3, 0.4) is 0 Å². The molecule has 0 saturated heterocycles. The van der Waals surface area contributed by atoms with Crippen molar-refractivity contribution in [2.24, 2.45) is 5.41 Å². The van der Waals surface area contributed by atoms with Gasteiger partial charge in [-0.15, -0.1) is 0 Å². The van der Waals surface area contributed by atoms with Crippen LogP contribution in [0.4, 0.5) is 0 Å². The van der Waals surface area contributed by atoms with Gasteiger partial charge in [-0.05, 0) is 44.4 Å². The number of carbonyl (C=O) groups excluding carboxylic acids is 1. The zero-order chi connectivity index (χ0) is 20.1. The van der Waals surface area contributed by atoms with E-state index in [0.717, 1.165) is 30.3 Å². The highest BCUT2D eigenvalue weighted by Crippen LogP contribution is 2.45. The minimum Gasteiger partial charge on any atom is -0.378 e. The largest absolute Gasteiger partial charge is 0.378 e. The number of aromatic amines is 1. The molecule has 28 heavy (non-hydrogen) atoms. The van der Waals surface area contributed by atoms with Crippen LogP contribution in [0.15, 0.2) is 23.0 Å². The molecule has 152 valence electrons. The zero-order valence-corrected chi connectivity index (χ0v) is 17.3. The molecule has 2 aromatic rings. The van der Waals surface area contributed by atoms with Crippen molar-refractivity contribution in [3.05, 3.63) is 34.2 Å². The van der Waals surface area contributed by atoms with Crippen molar-refractivity contribution in [1.82, 2.24) is 14.5 Å². The van der Waals surface area contributed by atoms with E-state index in [1.807, 2.05) is 41.6 Å². The molecule has 6 nitrogen and oxygen atoms in total. The fourth-order valence-electron chi connectivity index (χ4n) is 5.14. The summed E-state index contributed by atoms with van der Waals surface area (Å²) < 4.78 is 7.68. The van der Waals surface area contributed by atoms with E-state index in [9.17, 15) is 9.59 Å². The predicted molar refractivity (Wildman–Crippen MR) is 110 cm³/mol. The Morgan fingerprint density at radius 3 is 2.68 bits per heavy atom. The quantitative estimate of drug-likeness (QED) is 0.853. The van der Waals surface area contributed by atoms with E-state index in [1.54, 1.807) is 0 Å². The van der Waals surface area contributed by atoms with Crippen LogP contribution in [-0.2, 0) is 4.74 Å². The molecule has 0 radical (unpaired) electrons. The monoisotopic (exact) mass is 385 g/mol. The fourth-order valence-corrected chi connectivity index (χ4v) is 5.14. The van der Waals surface area contributed by atoms with Crippen molar-refractivity contribution >= 4 is 16.9 Å². The maximum absolute atomic E-state index is 13.1. The number of amides is 1. The maximum Gasteiger partial charge on any atom is 0.326 e. The summed E-state index contributed by atoms with van der Waals surface area (Å²) in [5, 5.41) is 0. The molecule has 1 aromatic carbocycles. The Morgan fingerprint density at radius 1 is 1.32 bits per heavy atom. The molecule has 1 N–H and O–H groups in total. The van der Waals surface area contributed by atoms with Crippen LogP contribution < -0.4 is 5.69 Å². The molecule has 0 spiro atoms. The second-order valence-electron chi connectivity index (χ2n) is 8.90. The van der Waals surface area contributed by atoms with Gasteiger partial charge in [-0.25, -0.2) is 4.79 Å². The summed E-state index contributed by atoms with van der Waals surface area (Å²) in [4.78, 5) is 30.4. The molecule has 0 aliphatic heterocycles. The number of fused-ring (bicyclic) bond motifs is 1. The molecular formula is C22H31N3O3. The zero-order valence-electron chi connectivity index (χ0n) is 17.3. The van der Waals surface area contributed by atoms with Gasteiger partial charge in [0.05, 0.1) is 17.1 Å². The number of carbonyl (C=O) groups is 1. The second kappa shape index (κ2) is 7.07. The highest BCUT2D eigenvalue weighted by atomic mass is 16.5. The smallest absolute Gasteiger partial charge is 0.326 e. The predicted octanol–water partition coefficient (Wildman–Crippen LogP) is 3.72. The van der Waals surface area contributed by atoms with E-state index in [2.05, 4.69) is 18.8 Å². The van der Waals surface area contributed by atoms with Crippen molar-refractivity contribution in [3.63, 3.8) is 0 Å². The van der Waals surface area contributed by atoms with Gasteiger partial charge in [-0.3, -0.25) is 9.36 Å². The molecule has 2 atom stereocenters. The van der Waals surface area contributed by atoms with E-state index in [4.69, 9.17) is 4.74 Å². The summed E-state index contributed by atoms with van der Waals surface area (Å²) in [6, 6.07) is 6.02. The minimum atomic E-state index is -0.0699. The highest BCUT2D eigenvalue weighted by Gasteiger charge is 2.51. The molecule has 2 fully saturated rings. The lowest BCUT2D eigenvalue weighted by atomic mass is 9.63. The number of hydrogen-bond acceptors (Lipinski definition) is 3. The molecule has 2 aliphatic rings. The normalized spacial score (nSPS) is 24.4. The van der Waals surface area contributed by atoms with Crippen LogP contribution in [0.2, 0.25) is 0 Å². The molecular weight excluding hydrogens is 354 g/mol. The van der Waals surface area contributed by atoms with E-state index < -0.39 is 0 Å². The van der Waals surface area contributed by atoms with Crippen molar-refractivity contribution in [2.45, 2.75) is 71.1 Å². The van der Waals surface area contributed by atoms with Gasteiger partial charge in [0.1, 0.15) is 0 Å². The first-order valence-electron chi connectivity index (χ1n) is 10.5. The van der Waals surface area contributed by atoms with Crippen LogP contribution >= 0.6 is 0 Å². The molecule has 0 unspecified atom stereocenters. The van der Waals surface area contributed by atoms with Gasteiger partial charge in [0.2, 0.25) is 0 Å². The lowest BCUT2D eigenvalue weighted by Crippen LogP contribution is -2.62. The third kappa shape index (κ3) is 2.98. The van der Waals surface area contributed by atoms with Gasteiger partial charge < -0.3 is 14.6 Å². The van der Waals surface area contributed by atoms with E-state index in [-0.39, 0.29) is 35.2 Å². The first-order chi connectivity index (χ1) is 13.3. The van der Waals surface area contributed by atoms with Gasteiger partial charge in [0.25, 0.3) is 5.91 Å². The number of H-pyrrole nitrogens is 1. The van der Waals surface area contributed by atoms with Crippen LogP contribution in [0.25, 0.3) is 11.0 Å². The first-order valence-corrected chi connectivity index (χ1v) is 10.5. The standard InChI is InChI=1S/C22H31N3O3/c1-5-28-19-13-18(22(19,2)3)24(4)20(26)14-10-11-17-16(12-14)23-21(27)25(17)15-8-6-7-9-15/h10-12,15,18-19H,5-9,13H2,1-4H3,(H,23,27)/t18-,19-/m1/s1. The van der Waals surface area contributed by atoms with E-state index in [0.29, 0.717) is 12.2 Å². The van der Waals surface area contributed by atoms with Crippen LogP contribution in [-0.4, -0.2) is 46.2 Å². The Hall–Kier alpha value is -2.08. The number of benzene rings is 1. The molecule has 1 aromatic heterocycles. The summed E-state index contributed by atoms with van der Waals surface area (Å²) in [7, 11) is 1.87. The minimum absolute atomic E-state index is 0.00983. The summed E-state index contributed by atoms with van der Waals surface area (Å²) in [5.41, 5.74) is 2.13. The van der Waals surface area contributed by atoms with Crippen LogP contribution in [0.5, 0.6) is 0 Å². The van der Waals surface area contributed by atoms with Crippen molar-refractivity contribution in [3.8, 4) is 0 Å². The lowest BCUT2D eigenvalue weighted by molar-refractivity contribution is -0.136. The van der Waals surface area contributed by atoms with Crippen molar-refractivity contribution < 1.29 is 9.53 Å². The third-order valence-electron chi connectivity index (χ3n) is 6.94. The molecule has 6 heteroatoms. The Kier molecular flexibility index (Phi) is 4.86. The molecule has 2 aliphatic carbocycles. The molecule has 1 amide bonds. The first kappa shape index (κ1) is 19.2. The number of aromatic nitrogens is 2. The van der Waals surface area contributed by atoms with Crippen LogP contribution in [0.1, 0.15) is 69.3 Å². The molecule has 0 bridgehead atoms. The second-order valence-corrected chi connectivity index (χ2v) is 8.90. The number of hydrogen-bond donors (Lipinski definition) is 1. The van der Waals surface area contributed by atoms with Gasteiger partial charge in [0.15, 0.2) is 0 Å². The summed E-state index contributed by atoms with van der Waals surface area (Å²) in [6.45, 7) is 7.02. The van der Waals surface area contributed by atoms with Gasteiger partial charge >= 0.3 is 5.69 Å². The number of nitrogens with zero attached hydrogens (tertiary/aromatic N) is 2. The Balaban J connectivity index is 1.57. The average Bonchev–Trinajstić information content (AvgIpc) is 3.29. The van der Waals surface area contributed by atoms with Gasteiger partial charge in [-0.1, -0.05) is 26.7 Å². The topological polar surface area (TPSA) is 67.3 Å². The summed E-state index contributed by atoms with van der Waals surface area (Å²) in [5.74, 6) is -0.00983. The summed E-state index contributed by atoms with van der Waals surface area (Å²) in [6.07, 6.45) is 5.50. The Labute approximate surface area is 165 Å². The molecule has 2 saturated carbocycles. The van der Waals surface area contributed by atoms with Crippen LogP contribution in [0, 0.1) is 5.41 Å². The highest BCUT2D eigenvalue weighted by molar-refractivity contribution is 5.97. The number of ether oxygens (including phenoxy) is 1. The Morgan fingerprint density at radius 2 is 2.04 bits per heavy atom. The van der Waals surface area contributed by atoms with Crippen molar-refractivity contribution in [1.29, 1.82) is 0 Å². The fraction of sp³-hybridized carbons (Fsp3) is 0.636. The third-order valence-corrected chi connectivity index (χ3v) is 6.94. The SMILES string of the molecule is CCO[C@@H]1C[C@@H](N(C)C(=O)c2ccc3c(c2)[nH]c(=O)n3C2CCCC2)C1(C)C.